The van der Waals surface area contributed by atoms with Crippen LogP contribution >= 0.6 is 11.6 Å². The number of hydrogen-bond acceptors (Lipinski definition) is 4. The predicted molar refractivity (Wildman–Crippen MR) is 120 cm³/mol. The van der Waals surface area contributed by atoms with Gasteiger partial charge in [-0.15, -0.1) is 0 Å². The third-order valence-corrected chi connectivity index (χ3v) is 6.36. The summed E-state index contributed by atoms with van der Waals surface area (Å²) in [5.41, 5.74) is 2.60. The van der Waals surface area contributed by atoms with Gasteiger partial charge in [0.15, 0.2) is 16.0 Å². The van der Waals surface area contributed by atoms with E-state index in [1.54, 1.807) is 12.3 Å². The Morgan fingerprint density at radius 3 is 2.37 bits per heavy atom. The van der Waals surface area contributed by atoms with E-state index in [0.717, 1.165) is 24.0 Å². The standard InChI is InChI=1S/C21H29ClN4O3S/c1-13(2)17-11-15(22)12-18(14(3)4)20(17)23-21(27)25-30(28)19-5-8-26(24-19)16-6-9-29-10-7-16/h5,8,11-14,16H,6-7,9-10H2,1-4H3,(H2,23,25,27). The molecule has 1 unspecified atom stereocenters. The maximum atomic E-state index is 12.7. The summed E-state index contributed by atoms with van der Waals surface area (Å²) in [6.45, 7) is 9.56. The van der Waals surface area contributed by atoms with Crippen molar-refractivity contribution >= 4 is 34.3 Å². The van der Waals surface area contributed by atoms with Crippen LogP contribution in [0, 0.1) is 0 Å². The first-order valence-electron chi connectivity index (χ1n) is 10.2. The molecule has 0 bridgehead atoms. The second-order valence-corrected chi connectivity index (χ2v) is 9.67. The molecule has 3 rings (SSSR count). The second-order valence-electron chi connectivity index (χ2n) is 8.07. The number of hydrogen-bond donors (Lipinski definition) is 2. The molecule has 2 amide bonds. The van der Waals surface area contributed by atoms with Crippen LogP contribution in [0.4, 0.5) is 10.5 Å². The quantitative estimate of drug-likeness (QED) is 0.647. The predicted octanol–water partition coefficient (Wildman–Crippen LogP) is 4.98. The largest absolute Gasteiger partial charge is 0.381 e. The summed E-state index contributed by atoms with van der Waals surface area (Å²) in [6, 6.07) is 5.09. The fourth-order valence-corrected chi connectivity index (χ4v) is 4.46. The molecule has 1 aliphatic heterocycles. The normalized spacial score (nSPS) is 16.1. The average molecular weight is 453 g/mol. The maximum absolute atomic E-state index is 12.7. The van der Waals surface area contributed by atoms with Crippen molar-refractivity contribution < 1.29 is 13.7 Å². The molecular weight excluding hydrogens is 424 g/mol. The third kappa shape index (κ3) is 5.42. The molecule has 1 atom stereocenters. The van der Waals surface area contributed by atoms with E-state index in [1.807, 2.05) is 44.5 Å². The van der Waals surface area contributed by atoms with E-state index in [-0.39, 0.29) is 17.9 Å². The van der Waals surface area contributed by atoms with E-state index >= 15 is 0 Å². The van der Waals surface area contributed by atoms with E-state index < -0.39 is 17.0 Å². The maximum Gasteiger partial charge on any atom is 0.331 e. The Bertz CT molecular complexity index is 894. The molecule has 0 spiro atoms. The first-order valence-corrected chi connectivity index (χ1v) is 11.7. The Labute approximate surface area is 185 Å². The highest BCUT2D eigenvalue weighted by molar-refractivity contribution is 7.83. The summed E-state index contributed by atoms with van der Waals surface area (Å²) in [4.78, 5) is 12.6. The molecule has 30 heavy (non-hydrogen) atoms. The number of rotatable bonds is 6. The van der Waals surface area contributed by atoms with Crippen molar-refractivity contribution in [1.82, 2.24) is 14.5 Å². The van der Waals surface area contributed by atoms with Gasteiger partial charge in [0, 0.05) is 30.1 Å². The third-order valence-electron chi connectivity index (χ3n) is 5.17. The number of aromatic nitrogens is 2. The van der Waals surface area contributed by atoms with Gasteiger partial charge in [0.1, 0.15) is 0 Å². The van der Waals surface area contributed by atoms with Crippen LogP contribution in [-0.4, -0.2) is 33.2 Å². The summed E-state index contributed by atoms with van der Waals surface area (Å²) >= 11 is 6.28. The molecule has 2 N–H and O–H groups in total. The molecule has 1 aliphatic rings. The van der Waals surface area contributed by atoms with Crippen molar-refractivity contribution in [1.29, 1.82) is 0 Å². The molecular formula is C21H29ClN4O3S. The van der Waals surface area contributed by atoms with Gasteiger partial charge in [0.05, 0.1) is 6.04 Å². The van der Waals surface area contributed by atoms with Crippen LogP contribution in [0.15, 0.2) is 29.4 Å². The monoisotopic (exact) mass is 452 g/mol. The number of benzene rings is 1. The lowest BCUT2D eigenvalue weighted by molar-refractivity contribution is 0.0659. The van der Waals surface area contributed by atoms with Gasteiger partial charge in [-0.3, -0.25) is 9.40 Å². The van der Waals surface area contributed by atoms with Gasteiger partial charge in [-0.2, -0.15) is 5.10 Å². The van der Waals surface area contributed by atoms with Crippen molar-refractivity contribution in [3.8, 4) is 0 Å². The first-order chi connectivity index (χ1) is 14.3. The summed E-state index contributed by atoms with van der Waals surface area (Å²) in [5, 5.41) is 8.24. The molecule has 1 saturated heterocycles. The number of nitrogens with zero attached hydrogens (tertiary/aromatic N) is 2. The Morgan fingerprint density at radius 2 is 1.80 bits per heavy atom. The molecule has 0 saturated carbocycles. The Hall–Kier alpha value is -1.90. The van der Waals surface area contributed by atoms with Gasteiger partial charge in [-0.25, -0.2) is 9.00 Å². The van der Waals surface area contributed by atoms with Gasteiger partial charge >= 0.3 is 6.03 Å². The van der Waals surface area contributed by atoms with Gasteiger partial charge in [-0.05, 0) is 54.0 Å². The van der Waals surface area contributed by atoms with Crippen molar-refractivity contribution in [3.05, 3.63) is 40.5 Å². The molecule has 2 aromatic rings. The van der Waals surface area contributed by atoms with E-state index in [4.69, 9.17) is 16.3 Å². The highest BCUT2D eigenvalue weighted by Crippen LogP contribution is 2.35. The van der Waals surface area contributed by atoms with Gasteiger partial charge in [-0.1, -0.05) is 39.3 Å². The number of ether oxygens (including phenoxy) is 1. The van der Waals surface area contributed by atoms with Crippen molar-refractivity contribution in [2.45, 2.75) is 63.4 Å². The van der Waals surface area contributed by atoms with Crippen LogP contribution in [-0.2, 0) is 15.7 Å². The minimum atomic E-state index is -1.76. The molecule has 164 valence electrons. The van der Waals surface area contributed by atoms with Crippen LogP contribution in [0.1, 0.15) is 69.5 Å². The second kappa shape index (κ2) is 9.94. The topological polar surface area (TPSA) is 85.2 Å². The SMILES string of the molecule is CC(C)c1cc(Cl)cc(C(C)C)c1NC(=O)NS(=O)c1ccn(C2CCOCC2)n1. The molecule has 7 nitrogen and oxygen atoms in total. The van der Waals surface area contributed by atoms with Crippen LogP contribution in [0.3, 0.4) is 0 Å². The Balaban J connectivity index is 1.73. The highest BCUT2D eigenvalue weighted by Gasteiger charge is 2.21. The van der Waals surface area contributed by atoms with E-state index in [0.29, 0.717) is 28.9 Å². The molecule has 9 heteroatoms. The molecule has 1 aromatic heterocycles. The fraction of sp³-hybridized carbons (Fsp3) is 0.524. The minimum absolute atomic E-state index is 0.164. The summed E-state index contributed by atoms with van der Waals surface area (Å²) in [6.07, 6.45) is 3.54. The zero-order valence-electron chi connectivity index (χ0n) is 17.8. The number of carbonyl (C=O) groups is 1. The minimum Gasteiger partial charge on any atom is -0.381 e. The molecule has 1 aromatic carbocycles. The zero-order chi connectivity index (χ0) is 21.8. The van der Waals surface area contributed by atoms with Gasteiger partial charge < -0.3 is 10.1 Å². The van der Waals surface area contributed by atoms with Gasteiger partial charge in [0.25, 0.3) is 0 Å². The lowest BCUT2D eigenvalue weighted by atomic mass is 9.92. The first kappa shape index (κ1) is 22.8. The molecule has 2 heterocycles. The Kier molecular flexibility index (Phi) is 7.55. The molecule has 0 aliphatic carbocycles. The van der Waals surface area contributed by atoms with Crippen LogP contribution < -0.4 is 10.0 Å². The smallest absolute Gasteiger partial charge is 0.331 e. The summed E-state index contributed by atoms with van der Waals surface area (Å²) in [7, 11) is -1.76. The van der Waals surface area contributed by atoms with E-state index in [2.05, 4.69) is 15.1 Å². The molecule has 0 radical (unpaired) electrons. The number of carbonyl (C=O) groups excluding carboxylic acids is 1. The van der Waals surface area contributed by atoms with Crippen molar-refractivity contribution in [2.24, 2.45) is 0 Å². The number of urea groups is 1. The van der Waals surface area contributed by atoms with Crippen LogP contribution in [0.5, 0.6) is 0 Å². The number of nitrogens with one attached hydrogen (secondary N) is 2. The lowest BCUT2D eigenvalue weighted by Crippen LogP contribution is -2.31. The lowest BCUT2D eigenvalue weighted by Gasteiger charge is -2.22. The molecule has 1 fully saturated rings. The number of amides is 2. The Morgan fingerprint density at radius 1 is 1.20 bits per heavy atom. The van der Waals surface area contributed by atoms with Crippen molar-refractivity contribution in [2.75, 3.05) is 18.5 Å². The van der Waals surface area contributed by atoms with E-state index in [9.17, 15) is 9.00 Å². The van der Waals surface area contributed by atoms with Crippen LogP contribution in [0.25, 0.3) is 0 Å². The highest BCUT2D eigenvalue weighted by atomic mass is 35.5. The van der Waals surface area contributed by atoms with Crippen LogP contribution in [0.2, 0.25) is 5.02 Å². The van der Waals surface area contributed by atoms with Crippen molar-refractivity contribution in [3.63, 3.8) is 0 Å². The summed E-state index contributed by atoms with van der Waals surface area (Å²) < 4.78 is 22.3. The number of halogens is 1. The summed E-state index contributed by atoms with van der Waals surface area (Å²) in [5.74, 6) is 0.328. The van der Waals surface area contributed by atoms with E-state index in [1.165, 1.54) is 0 Å². The fourth-order valence-electron chi connectivity index (χ4n) is 3.55. The average Bonchev–Trinajstić information content (AvgIpc) is 3.19. The van der Waals surface area contributed by atoms with Gasteiger partial charge in [0.2, 0.25) is 0 Å². The number of anilines is 1. The zero-order valence-corrected chi connectivity index (χ0v) is 19.3.